The lowest BCUT2D eigenvalue weighted by atomic mass is 9.54. The average molecular weight is 240 g/mol. The molecule has 0 aromatic heterocycles. The van der Waals surface area contributed by atoms with E-state index in [0.717, 1.165) is 0 Å². The molecule has 1 aliphatic carbocycles. The molecule has 0 heterocycles. The standard InChI is InChI=1S/C13H20O4/c1-3-7-13(11(16)17)9-6-5-8-12(13,4-2)10(14)15/h5-6H,3-4,7-9H2,1-2H3,(H,14,15)(H,16,17)/t12-,13+/m1/s1. The summed E-state index contributed by atoms with van der Waals surface area (Å²) in [5, 5.41) is 19.0. The van der Waals surface area contributed by atoms with Gasteiger partial charge in [-0.3, -0.25) is 9.59 Å². The monoisotopic (exact) mass is 240 g/mol. The quantitative estimate of drug-likeness (QED) is 0.724. The fourth-order valence-corrected chi connectivity index (χ4v) is 3.05. The van der Waals surface area contributed by atoms with Gasteiger partial charge in [-0.15, -0.1) is 0 Å². The van der Waals surface area contributed by atoms with Crippen molar-refractivity contribution in [1.29, 1.82) is 0 Å². The summed E-state index contributed by atoms with van der Waals surface area (Å²) >= 11 is 0. The van der Waals surface area contributed by atoms with Crippen LogP contribution in [0.25, 0.3) is 0 Å². The van der Waals surface area contributed by atoms with Crippen LogP contribution in [0, 0.1) is 10.8 Å². The second-order valence-electron chi connectivity index (χ2n) is 4.76. The molecule has 2 N–H and O–H groups in total. The lowest BCUT2D eigenvalue weighted by Crippen LogP contribution is -2.53. The molecule has 0 aliphatic heterocycles. The minimum absolute atomic E-state index is 0.311. The van der Waals surface area contributed by atoms with Gasteiger partial charge >= 0.3 is 11.9 Å². The highest BCUT2D eigenvalue weighted by Gasteiger charge is 2.59. The first-order chi connectivity index (χ1) is 7.97. The molecule has 4 nitrogen and oxygen atoms in total. The average Bonchev–Trinajstić information content (AvgIpc) is 2.29. The Bertz CT molecular complexity index is 347. The third-order valence-electron chi connectivity index (χ3n) is 4.11. The van der Waals surface area contributed by atoms with Gasteiger partial charge in [0.05, 0.1) is 10.8 Å². The zero-order valence-electron chi connectivity index (χ0n) is 10.4. The molecule has 0 unspecified atom stereocenters. The minimum atomic E-state index is -1.16. The van der Waals surface area contributed by atoms with Crippen LogP contribution in [0.2, 0.25) is 0 Å². The largest absolute Gasteiger partial charge is 0.481 e. The van der Waals surface area contributed by atoms with Crippen LogP contribution in [0.15, 0.2) is 12.2 Å². The van der Waals surface area contributed by atoms with Crippen molar-refractivity contribution in [3.63, 3.8) is 0 Å². The Morgan fingerprint density at radius 1 is 1.06 bits per heavy atom. The predicted octanol–water partition coefficient (Wildman–Crippen LogP) is 2.69. The van der Waals surface area contributed by atoms with Crippen LogP contribution < -0.4 is 0 Å². The van der Waals surface area contributed by atoms with E-state index in [0.29, 0.717) is 32.1 Å². The molecule has 1 aliphatic rings. The van der Waals surface area contributed by atoms with Crippen molar-refractivity contribution in [2.75, 3.05) is 0 Å². The van der Waals surface area contributed by atoms with Gasteiger partial charge in [-0.1, -0.05) is 32.4 Å². The van der Waals surface area contributed by atoms with E-state index in [9.17, 15) is 19.8 Å². The van der Waals surface area contributed by atoms with Gasteiger partial charge in [-0.05, 0) is 25.7 Å². The number of hydrogen-bond donors (Lipinski definition) is 2. The molecule has 0 bridgehead atoms. The zero-order chi connectivity index (χ0) is 13.1. The first kappa shape index (κ1) is 13.7. The van der Waals surface area contributed by atoms with Crippen LogP contribution in [0.4, 0.5) is 0 Å². The molecule has 0 radical (unpaired) electrons. The summed E-state index contributed by atoms with van der Waals surface area (Å²) in [6.07, 6.45) is 5.66. The van der Waals surface area contributed by atoms with Crippen LogP contribution in [-0.2, 0) is 9.59 Å². The molecule has 17 heavy (non-hydrogen) atoms. The van der Waals surface area contributed by atoms with E-state index < -0.39 is 22.8 Å². The Hall–Kier alpha value is -1.32. The van der Waals surface area contributed by atoms with Gasteiger partial charge in [0.15, 0.2) is 0 Å². The second-order valence-corrected chi connectivity index (χ2v) is 4.76. The molecule has 96 valence electrons. The highest BCUT2D eigenvalue weighted by molar-refractivity contribution is 5.87. The maximum Gasteiger partial charge on any atom is 0.311 e. The summed E-state index contributed by atoms with van der Waals surface area (Å²) in [5.41, 5.74) is -2.32. The third-order valence-corrected chi connectivity index (χ3v) is 4.11. The maximum absolute atomic E-state index is 11.6. The van der Waals surface area contributed by atoms with Crippen molar-refractivity contribution < 1.29 is 19.8 Å². The number of carboxylic acid groups (broad SMARTS) is 2. The Morgan fingerprint density at radius 3 is 1.88 bits per heavy atom. The highest BCUT2D eigenvalue weighted by Crippen LogP contribution is 2.53. The normalized spacial score (nSPS) is 32.4. The van der Waals surface area contributed by atoms with E-state index in [4.69, 9.17) is 0 Å². The molecular weight excluding hydrogens is 220 g/mol. The van der Waals surface area contributed by atoms with Gasteiger partial charge in [0.25, 0.3) is 0 Å². The number of allylic oxidation sites excluding steroid dienone is 2. The molecule has 0 amide bonds. The smallest absolute Gasteiger partial charge is 0.311 e. The third kappa shape index (κ3) is 1.85. The molecule has 0 saturated heterocycles. The van der Waals surface area contributed by atoms with Gasteiger partial charge in [0.1, 0.15) is 0 Å². The van der Waals surface area contributed by atoms with Crippen molar-refractivity contribution in [2.24, 2.45) is 10.8 Å². The van der Waals surface area contributed by atoms with Crippen molar-refractivity contribution in [3.05, 3.63) is 12.2 Å². The lowest BCUT2D eigenvalue weighted by molar-refractivity contribution is -0.176. The highest BCUT2D eigenvalue weighted by atomic mass is 16.4. The number of carboxylic acids is 2. The van der Waals surface area contributed by atoms with Gasteiger partial charge in [-0.25, -0.2) is 0 Å². The summed E-state index contributed by atoms with van der Waals surface area (Å²) in [6.45, 7) is 3.66. The molecule has 0 aromatic carbocycles. The molecule has 0 fully saturated rings. The van der Waals surface area contributed by atoms with Crippen molar-refractivity contribution in [2.45, 2.75) is 46.0 Å². The fraction of sp³-hybridized carbons (Fsp3) is 0.692. The van der Waals surface area contributed by atoms with Crippen molar-refractivity contribution in [1.82, 2.24) is 0 Å². The van der Waals surface area contributed by atoms with E-state index in [1.54, 1.807) is 19.1 Å². The molecule has 0 saturated carbocycles. The SMILES string of the molecule is CCC[C@@]1(C(=O)O)CC=CC[C@]1(CC)C(=O)O. The second kappa shape index (κ2) is 4.90. The molecule has 1 rings (SSSR count). The van der Waals surface area contributed by atoms with Crippen LogP contribution in [0.3, 0.4) is 0 Å². The molecule has 0 aromatic rings. The van der Waals surface area contributed by atoms with Crippen LogP contribution in [0.1, 0.15) is 46.0 Å². The number of aliphatic carboxylic acids is 2. The molecule has 4 heteroatoms. The summed E-state index contributed by atoms with van der Waals surface area (Å²) in [7, 11) is 0. The van der Waals surface area contributed by atoms with Gasteiger partial charge in [0.2, 0.25) is 0 Å². The summed E-state index contributed by atoms with van der Waals surface area (Å²) in [5.74, 6) is -1.96. The Kier molecular flexibility index (Phi) is 3.96. The Balaban J connectivity index is 3.35. The number of hydrogen-bond acceptors (Lipinski definition) is 2. The summed E-state index contributed by atoms with van der Waals surface area (Å²) in [6, 6.07) is 0. The van der Waals surface area contributed by atoms with Crippen LogP contribution in [-0.4, -0.2) is 22.2 Å². The maximum atomic E-state index is 11.6. The van der Waals surface area contributed by atoms with Gasteiger partial charge in [-0.2, -0.15) is 0 Å². The predicted molar refractivity (Wildman–Crippen MR) is 63.7 cm³/mol. The topological polar surface area (TPSA) is 74.6 Å². The van der Waals surface area contributed by atoms with E-state index in [1.165, 1.54) is 0 Å². The van der Waals surface area contributed by atoms with Crippen LogP contribution >= 0.6 is 0 Å². The Morgan fingerprint density at radius 2 is 1.53 bits per heavy atom. The number of rotatable bonds is 5. The van der Waals surface area contributed by atoms with E-state index >= 15 is 0 Å². The van der Waals surface area contributed by atoms with E-state index in [2.05, 4.69) is 0 Å². The van der Waals surface area contributed by atoms with E-state index in [-0.39, 0.29) is 0 Å². The number of carbonyl (C=O) groups is 2. The summed E-state index contributed by atoms with van der Waals surface area (Å²) in [4.78, 5) is 23.3. The van der Waals surface area contributed by atoms with E-state index in [1.807, 2.05) is 6.92 Å². The summed E-state index contributed by atoms with van der Waals surface area (Å²) < 4.78 is 0. The van der Waals surface area contributed by atoms with Gasteiger partial charge in [0, 0.05) is 0 Å². The minimum Gasteiger partial charge on any atom is -0.481 e. The Labute approximate surface area is 101 Å². The van der Waals surface area contributed by atoms with Gasteiger partial charge < -0.3 is 10.2 Å². The molecule has 2 atom stereocenters. The first-order valence-corrected chi connectivity index (χ1v) is 6.08. The van der Waals surface area contributed by atoms with Crippen LogP contribution in [0.5, 0.6) is 0 Å². The molecule has 0 spiro atoms. The lowest BCUT2D eigenvalue weighted by Gasteiger charge is -2.46. The zero-order valence-corrected chi connectivity index (χ0v) is 10.4. The van der Waals surface area contributed by atoms with Crippen molar-refractivity contribution >= 4 is 11.9 Å². The van der Waals surface area contributed by atoms with Crippen molar-refractivity contribution in [3.8, 4) is 0 Å². The fourth-order valence-electron chi connectivity index (χ4n) is 3.05. The molecular formula is C13H20O4. The first-order valence-electron chi connectivity index (χ1n) is 6.08.